The lowest BCUT2D eigenvalue weighted by atomic mass is 9.95. The fourth-order valence-electron chi connectivity index (χ4n) is 4.03. The van der Waals surface area contributed by atoms with Gasteiger partial charge in [-0.15, -0.1) is 0 Å². The number of hydrogen-bond acceptors (Lipinski definition) is 8. The summed E-state index contributed by atoms with van der Waals surface area (Å²) >= 11 is 1.03. The van der Waals surface area contributed by atoms with E-state index in [-0.39, 0.29) is 16.5 Å². The van der Waals surface area contributed by atoms with Crippen molar-refractivity contribution in [1.82, 2.24) is 4.98 Å². The third-order valence-electron chi connectivity index (χ3n) is 5.73. The van der Waals surface area contributed by atoms with E-state index in [2.05, 4.69) is 4.98 Å². The number of ketones is 2. The van der Waals surface area contributed by atoms with E-state index in [1.165, 1.54) is 32.1 Å². The number of aromatic nitrogens is 1. The number of carbonyl (C=O) groups is 3. The summed E-state index contributed by atoms with van der Waals surface area (Å²) in [4.78, 5) is 44.8. The smallest absolute Gasteiger partial charge is 0.296 e. The van der Waals surface area contributed by atoms with Crippen LogP contribution >= 0.6 is 11.3 Å². The normalized spacial score (nSPS) is 15.6. The fraction of sp³-hybridized carbons (Fsp3) is 0.185. The standard InChI is InChI=1S/C27H24N2O6S/c1-15-25(16(2)30)36-27(28-15)29-23(18-11-13-20(34-3)21(14-18)35-4)22(24(32)26(29)33)19(31)12-10-17-8-6-5-7-9-17/h5-14,23,32H,1-4H3/b12-10+. The van der Waals surface area contributed by atoms with Gasteiger partial charge in [-0.1, -0.05) is 53.8 Å². The van der Waals surface area contributed by atoms with Crippen molar-refractivity contribution >= 4 is 40.0 Å². The Labute approximate surface area is 212 Å². The van der Waals surface area contributed by atoms with Crippen LogP contribution in [0.4, 0.5) is 5.13 Å². The number of hydrogen-bond donors (Lipinski definition) is 1. The number of rotatable bonds is 8. The first-order valence-electron chi connectivity index (χ1n) is 11.0. The topological polar surface area (TPSA) is 106 Å². The van der Waals surface area contributed by atoms with E-state index >= 15 is 0 Å². The highest BCUT2D eigenvalue weighted by Crippen LogP contribution is 2.44. The van der Waals surface area contributed by atoms with E-state index in [0.717, 1.165) is 16.9 Å². The second kappa shape index (κ2) is 10.2. The summed E-state index contributed by atoms with van der Waals surface area (Å²) in [5, 5.41) is 11.1. The monoisotopic (exact) mass is 504 g/mol. The summed E-state index contributed by atoms with van der Waals surface area (Å²) in [7, 11) is 2.98. The third kappa shape index (κ3) is 4.52. The number of nitrogens with zero attached hydrogens (tertiary/aromatic N) is 2. The van der Waals surface area contributed by atoms with Crippen molar-refractivity contribution in [2.75, 3.05) is 19.1 Å². The van der Waals surface area contributed by atoms with Crippen molar-refractivity contribution in [3.05, 3.63) is 87.6 Å². The predicted octanol–water partition coefficient (Wildman–Crippen LogP) is 4.85. The van der Waals surface area contributed by atoms with Crippen molar-refractivity contribution < 1.29 is 29.0 Å². The highest BCUT2D eigenvalue weighted by atomic mass is 32.1. The van der Waals surface area contributed by atoms with Gasteiger partial charge in [0.25, 0.3) is 5.91 Å². The molecule has 0 radical (unpaired) electrons. The molecule has 0 saturated heterocycles. The average Bonchev–Trinajstić information content (AvgIpc) is 3.39. The van der Waals surface area contributed by atoms with Crippen LogP contribution in [0.15, 0.2) is 65.9 Å². The van der Waals surface area contributed by atoms with Gasteiger partial charge in [0.15, 0.2) is 34.0 Å². The Hall–Kier alpha value is -4.24. The molecule has 1 amide bonds. The molecule has 0 spiro atoms. The molecule has 2 heterocycles. The average molecular weight is 505 g/mol. The molecule has 0 bridgehead atoms. The zero-order valence-corrected chi connectivity index (χ0v) is 21.0. The molecule has 1 aromatic heterocycles. The largest absolute Gasteiger partial charge is 0.503 e. The molecule has 9 heteroatoms. The van der Waals surface area contributed by atoms with Gasteiger partial charge in [0.1, 0.15) is 0 Å². The number of allylic oxidation sites excluding steroid dienone is 1. The van der Waals surface area contributed by atoms with E-state index in [4.69, 9.17) is 9.47 Å². The number of methoxy groups -OCH3 is 2. The molecule has 36 heavy (non-hydrogen) atoms. The highest BCUT2D eigenvalue weighted by Gasteiger charge is 2.45. The molecule has 0 aliphatic carbocycles. The lowest BCUT2D eigenvalue weighted by Crippen LogP contribution is -2.30. The van der Waals surface area contributed by atoms with Crippen LogP contribution < -0.4 is 14.4 Å². The highest BCUT2D eigenvalue weighted by molar-refractivity contribution is 7.17. The number of thiazole rings is 1. The van der Waals surface area contributed by atoms with Crippen LogP contribution in [0.1, 0.15) is 39.5 Å². The maximum absolute atomic E-state index is 13.4. The molecular formula is C27H24N2O6S. The summed E-state index contributed by atoms with van der Waals surface area (Å²) in [6, 6.07) is 13.2. The number of anilines is 1. The van der Waals surface area contributed by atoms with E-state index < -0.39 is 23.5 Å². The Morgan fingerprint density at radius 1 is 1.08 bits per heavy atom. The van der Waals surface area contributed by atoms with Crippen LogP contribution in [0.25, 0.3) is 6.08 Å². The Kier molecular flexibility index (Phi) is 7.03. The quantitative estimate of drug-likeness (QED) is 0.345. The minimum Gasteiger partial charge on any atom is -0.503 e. The molecule has 8 nitrogen and oxygen atoms in total. The van der Waals surface area contributed by atoms with Crippen LogP contribution in [0.2, 0.25) is 0 Å². The molecule has 1 unspecified atom stereocenters. The summed E-state index contributed by atoms with van der Waals surface area (Å²) in [5.41, 5.74) is 1.65. The van der Waals surface area contributed by atoms with E-state index in [0.29, 0.717) is 27.6 Å². The Balaban J connectivity index is 1.85. The van der Waals surface area contributed by atoms with Crippen LogP contribution in [-0.4, -0.2) is 41.8 Å². The second-order valence-electron chi connectivity index (χ2n) is 8.03. The van der Waals surface area contributed by atoms with Crippen molar-refractivity contribution in [3.63, 3.8) is 0 Å². The first kappa shape index (κ1) is 24.9. The zero-order valence-electron chi connectivity index (χ0n) is 20.1. The minimum atomic E-state index is -1.00. The number of aryl methyl sites for hydroxylation is 1. The predicted molar refractivity (Wildman–Crippen MR) is 137 cm³/mol. The van der Waals surface area contributed by atoms with Crippen molar-refractivity contribution in [3.8, 4) is 11.5 Å². The van der Waals surface area contributed by atoms with E-state index in [1.807, 2.05) is 30.3 Å². The lowest BCUT2D eigenvalue weighted by Gasteiger charge is -2.25. The molecule has 4 rings (SSSR count). The van der Waals surface area contributed by atoms with Gasteiger partial charge in [-0.05, 0) is 36.3 Å². The molecule has 0 saturated carbocycles. The second-order valence-corrected chi connectivity index (χ2v) is 9.01. The summed E-state index contributed by atoms with van der Waals surface area (Å²) in [6.45, 7) is 3.09. The molecule has 1 aliphatic rings. The number of Topliss-reactive ketones (excluding diaryl/α,β-unsaturated/α-hetero) is 1. The summed E-state index contributed by atoms with van der Waals surface area (Å²) in [6.07, 6.45) is 2.93. The number of benzene rings is 2. The number of aliphatic hydroxyl groups excluding tert-OH is 1. The van der Waals surface area contributed by atoms with Crippen molar-refractivity contribution in [2.45, 2.75) is 19.9 Å². The number of amides is 1. The van der Waals surface area contributed by atoms with E-state index in [1.54, 1.807) is 31.2 Å². The van der Waals surface area contributed by atoms with Gasteiger partial charge in [0.2, 0.25) is 0 Å². The Morgan fingerprint density at radius 3 is 2.39 bits per heavy atom. The molecule has 1 aliphatic heterocycles. The van der Waals surface area contributed by atoms with Gasteiger partial charge in [-0.25, -0.2) is 4.98 Å². The van der Waals surface area contributed by atoms with Gasteiger partial charge in [0, 0.05) is 6.92 Å². The van der Waals surface area contributed by atoms with Gasteiger partial charge in [0.05, 0.1) is 36.4 Å². The van der Waals surface area contributed by atoms with Crippen molar-refractivity contribution in [1.29, 1.82) is 0 Å². The van der Waals surface area contributed by atoms with Crippen LogP contribution in [0.3, 0.4) is 0 Å². The number of ether oxygens (including phenoxy) is 2. The van der Waals surface area contributed by atoms with Gasteiger partial charge in [-0.3, -0.25) is 19.3 Å². The molecule has 3 aromatic rings. The molecule has 2 aromatic carbocycles. The van der Waals surface area contributed by atoms with Crippen molar-refractivity contribution in [2.24, 2.45) is 0 Å². The maximum atomic E-state index is 13.4. The SMILES string of the molecule is COc1ccc(C2C(C(=O)/C=C/c3ccccc3)=C(O)C(=O)N2c2nc(C)c(C(C)=O)s2)cc1OC. The van der Waals surface area contributed by atoms with Crippen LogP contribution in [-0.2, 0) is 9.59 Å². The van der Waals surface area contributed by atoms with E-state index in [9.17, 15) is 19.5 Å². The Morgan fingerprint density at radius 2 is 1.78 bits per heavy atom. The number of aliphatic hydroxyl groups is 1. The fourth-order valence-corrected chi connectivity index (χ4v) is 5.02. The molecule has 1 N–H and O–H groups in total. The first-order chi connectivity index (χ1) is 17.3. The van der Waals surface area contributed by atoms with Gasteiger partial charge < -0.3 is 14.6 Å². The van der Waals surface area contributed by atoms with Crippen LogP contribution in [0, 0.1) is 6.92 Å². The summed E-state index contributed by atoms with van der Waals surface area (Å²) in [5.74, 6) is -1.33. The zero-order chi connectivity index (χ0) is 26.0. The maximum Gasteiger partial charge on any atom is 0.296 e. The van der Waals surface area contributed by atoms with Gasteiger partial charge >= 0.3 is 0 Å². The first-order valence-corrected chi connectivity index (χ1v) is 11.8. The van der Waals surface area contributed by atoms with Gasteiger partial charge in [-0.2, -0.15) is 0 Å². The molecule has 0 fully saturated rings. The number of carbonyl (C=O) groups excluding carboxylic acids is 3. The minimum absolute atomic E-state index is 0.100. The molecule has 1 atom stereocenters. The van der Waals surface area contributed by atoms with Crippen LogP contribution in [0.5, 0.6) is 11.5 Å². The lowest BCUT2D eigenvalue weighted by molar-refractivity contribution is -0.117. The molecular weight excluding hydrogens is 480 g/mol. The molecule has 184 valence electrons. The summed E-state index contributed by atoms with van der Waals surface area (Å²) < 4.78 is 10.7. The third-order valence-corrected chi connectivity index (χ3v) is 6.99. The Bertz CT molecular complexity index is 1410.